The first kappa shape index (κ1) is 8.48. The minimum Gasteiger partial charge on any atom is -0.380 e. The highest BCUT2D eigenvalue weighted by molar-refractivity contribution is 5.00. The van der Waals surface area contributed by atoms with Gasteiger partial charge < -0.3 is 15.4 Å². The van der Waals surface area contributed by atoms with Crippen molar-refractivity contribution in [3.8, 4) is 0 Å². The second-order valence-corrected chi connectivity index (χ2v) is 4.11. The lowest BCUT2D eigenvalue weighted by molar-refractivity contribution is 0.133. The van der Waals surface area contributed by atoms with Gasteiger partial charge in [-0.25, -0.2) is 0 Å². The molecule has 0 aromatic rings. The third-order valence-electron chi connectivity index (χ3n) is 3.45. The Labute approximate surface area is 73.9 Å². The van der Waals surface area contributed by atoms with Gasteiger partial charge in [-0.15, -0.1) is 0 Å². The molecule has 3 nitrogen and oxygen atoms in total. The van der Waals surface area contributed by atoms with Crippen LogP contribution in [-0.4, -0.2) is 44.3 Å². The zero-order valence-corrected chi connectivity index (χ0v) is 7.75. The summed E-state index contributed by atoms with van der Waals surface area (Å²) < 4.78 is 5.49. The Kier molecular flexibility index (Phi) is 2.10. The average molecular weight is 170 g/mol. The van der Waals surface area contributed by atoms with E-state index in [0.29, 0.717) is 11.3 Å². The number of nitrogens with zero attached hydrogens (tertiary/aromatic N) is 1. The Bertz CT molecular complexity index is 174. The van der Waals surface area contributed by atoms with Gasteiger partial charge in [0, 0.05) is 31.0 Å². The van der Waals surface area contributed by atoms with E-state index in [4.69, 9.17) is 10.5 Å². The topological polar surface area (TPSA) is 38.5 Å². The fraction of sp³-hybridized carbons (Fsp3) is 1.00. The summed E-state index contributed by atoms with van der Waals surface area (Å²) in [5, 5.41) is 0. The lowest BCUT2D eigenvalue weighted by atomic mass is 9.81. The monoisotopic (exact) mass is 170 g/mol. The van der Waals surface area contributed by atoms with E-state index < -0.39 is 0 Å². The van der Waals surface area contributed by atoms with Gasteiger partial charge >= 0.3 is 0 Å². The molecular weight excluding hydrogens is 152 g/mol. The number of hydrogen-bond donors (Lipinski definition) is 1. The summed E-state index contributed by atoms with van der Waals surface area (Å²) in [6.07, 6.45) is 0. The Morgan fingerprint density at radius 2 is 2.50 bits per heavy atom. The van der Waals surface area contributed by atoms with Gasteiger partial charge in [-0.2, -0.15) is 0 Å². The quantitative estimate of drug-likeness (QED) is 0.629. The first-order valence-corrected chi connectivity index (χ1v) is 4.81. The van der Waals surface area contributed by atoms with Crippen molar-refractivity contribution in [3.63, 3.8) is 0 Å². The summed E-state index contributed by atoms with van der Waals surface area (Å²) in [4.78, 5) is 2.49. The first-order valence-electron chi connectivity index (χ1n) is 4.81. The Morgan fingerprint density at radius 3 is 3.08 bits per heavy atom. The molecule has 70 valence electrons. The van der Waals surface area contributed by atoms with Gasteiger partial charge in [-0.1, -0.05) is 6.92 Å². The molecule has 0 saturated carbocycles. The van der Waals surface area contributed by atoms with Crippen molar-refractivity contribution in [1.82, 2.24) is 4.90 Å². The minimum atomic E-state index is 0.302. The molecule has 2 fully saturated rings. The van der Waals surface area contributed by atoms with Crippen molar-refractivity contribution in [2.45, 2.75) is 6.92 Å². The standard InChI is InChI=1S/C9H18N2O/c1-2-11-3-8-4-12-7-9(8,5-10)6-11/h8H,2-7,10H2,1H3/t8-,9+/m0/s1. The van der Waals surface area contributed by atoms with Crippen LogP contribution in [0.4, 0.5) is 0 Å². The minimum absolute atomic E-state index is 0.302. The fourth-order valence-electron chi connectivity index (χ4n) is 2.47. The van der Waals surface area contributed by atoms with E-state index in [9.17, 15) is 0 Å². The molecule has 2 rings (SSSR count). The molecule has 0 bridgehead atoms. The van der Waals surface area contributed by atoms with E-state index >= 15 is 0 Å². The maximum Gasteiger partial charge on any atom is 0.0551 e. The SMILES string of the molecule is CCN1C[C@H]2COC[C@@]2(CN)C1. The molecule has 0 amide bonds. The molecule has 12 heavy (non-hydrogen) atoms. The van der Waals surface area contributed by atoms with Crippen LogP contribution in [0.2, 0.25) is 0 Å². The molecule has 2 aliphatic rings. The van der Waals surface area contributed by atoms with Crippen molar-refractivity contribution >= 4 is 0 Å². The van der Waals surface area contributed by atoms with Crippen LogP contribution >= 0.6 is 0 Å². The van der Waals surface area contributed by atoms with Gasteiger partial charge in [0.2, 0.25) is 0 Å². The number of likely N-dealkylation sites (tertiary alicyclic amines) is 1. The van der Waals surface area contributed by atoms with E-state index in [2.05, 4.69) is 11.8 Å². The number of nitrogens with two attached hydrogens (primary N) is 1. The Balaban J connectivity index is 2.09. The van der Waals surface area contributed by atoms with Gasteiger partial charge in [0.05, 0.1) is 13.2 Å². The third kappa shape index (κ3) is 1.08. The van der Waals surface area contributed by atoms with Gasteiger partial charge in [-0.05, 0) is 6.54 Å². The molecular formula is C9H18N2O. The highest BCUT2D eigenvalue weighted by Crippen LogP contribution is 2.39. The zero-order chi connectivity index (χ0) is 8.60. The Hall–Kier alpha value is -0.120. The maximum absolute atomic E-state index is 5.82. The smallest absolute Gasteiger partial charge is 0.0551 e. The van der Waals surface area contributed by atoms with Crippen LogP contribution in [0.25, 0.3) is 0 Å². The molecule has 0 unspecified atom stereocenters. The van der Waals surface area contributed by atoms with Crippen LogP contribution in [0.5, 0.6) is 0 Å². The summed E-state index contributed by atoms with van der Waals surface area (Å²) in [6.45, 7) is 8.29. The predicted octanol–water partition coefficient (Wildman–Crippen LogP) is -0.0866. The third-order valence-corrected chi connectivity index (χ3v) is 3.45. The second kappa shape index (κ2) is 2.98. The second-order valence-electron chi connectivity index (χ2n) is 4.11. The van der Waals surface area contributed by atoms with Crippen LogP contribution in [0.1, 0.15) is 6.92 Å². The van der Waals surface area contributed by atoms with Crippen LogP contribution in [0, 0.1) is 11.3 Å². The molecule has 2 heterocycles. The van der Waals surface area contributed by atoms with Gasteiger partial charge in [0.25, 0.3) is 0 Å². The van der Waals surface area contributed by atoms with E-state index in [1.807, 2.05) is 0 Å². The number of ether oxygens (including phenoxy) is 1. The van der Waals surface area contributed by atoms with Crippen LogP contribution < -0.4 is 5.73 Å². The molecule has 0 aromatic carbocycles. The normalized spacial score (nSPS) is 42.0. The highest BCUT2D eigenvalue weighted by Gasteiger charge is 2.48. The van der Waals surface area contributed by atoms with Crippen molar-refractivity contribution in [3.05, 3.63) is 0 Å². The molecule has 0 aliphatic carbocycles. The van der Waals surface area contributed by atoms with E-state index in [1.165, 1.54) is 6.54 Å². The Morgan fingerprint density at radius 1 is 1.67 bits per heavy atom. The lowest BCUT2D eigenvalue weighted by Gasteiger charge is -2.24. The summed E-state index contributed by atoms with van der Waals surface area (Å²) in [6, 6.07) is 0. The average Bonchev–Trinajstić information content (AvgIpc) is 2.58. The molecule has 2 N–H and O–H groups in total. The summed E-state index contributed by atoms with van der Waals surface area (Å²) in [5.74, 6) is 0.697. The molecule has 0 spiro atoms. The van der Waals surface area contributed by atoms with Crippen molar-refractivity contribution in [1.29, 1.82) is 0 Å². The molecule has 2 atom stereocenters. The van der Waals surface area contributed by atoms with Gasteiger partial charge in [-0.3, -0.25) is 0 Å². The van der Waals surface area contributed by atoms with E-state index in [0.717, 1.165) is 32.8 Å². The van der Waals surface area contributed by atoms with Crippen LogP contribution in [-0.2, 0) is 4.74 Å². The van der Waals surface area contributed by atoms with Crippen molar-refractivity contribution in [2.75, 3.05) is 39.4 Å². The molecule has 0 aromatic heterocycles. The molecule has 2 saturated heterocycles. The van der Waals surface area contributed by atoms with Crippen molar-refractivity contribution < 1.29 is 4.74 Å². The lowest BCUT2D eigenvalue weighted by Crippen LogP contribution is -2.38. The number of fused-ring (bicyclic) bond motifs is 1. The zero-order valence-electron chi connectivity index (χ0n) is 7.75. The molecule has 2 aliphatic heterocycles. The van der Waals surface area contributed by atoms with E-state index in [-0.39, 0.29) is 0 Å². The van der Waals surface area contributed by atoms with Gasteiger partial charge in [0.15, 0.2) is 0 Å². The van der Waals surface area contributed by atoms with Crippen molar-refractivity contribution in [2.24, 2.45) is 17.1 Å². The molecule has 3 heteroatoms. The van der Waals surface area contributed by atoms with Crippen LogP contribution in [0.15, 0.2) is 0 Å². The largest absolute Gasteiger partial charge is 0.380 e. The number of rotatable bonds is 2. The van der Waals surface area contributed by atoms with Crippen LogP contribution in [0.3, 0.4) is 0 Å². The summed E-state index contributed by atoms with van der Waals surface area (Å²) in [5.41, 5.74) is 6.12. The summed E-state index contributed by atoms with van der Waals surface area (Å²) in [7, 11) is 0. The number of hydrogen-bond acceptors (Lipinski definition) is 3. The van der Waals surface area contributed by atoms with E-state index in [1.54, 1.807) is 0 Å². The fourth-order valence-corrected chi connectivity index (χ4v) is 2.47. The summed E-state index contributed by atoms with van der Waals surface area (Å²) >= 11 is 0. The maximum atomic E-state index is 5.82. The predicted molar refractivity (Wildman–Crippen MR) is 47.9 cm³/mol. The first-order chi connectivity index (χ1) is 5.80. The highest BCUT2D eigenvalue weighted by atomic mass is 16.5. The van der Waals surface area contributed by atoms with Gasteiger partial charge in [0.1, 0.15) is 0 Å². The molecule has 0 radical (unpaired) electrons.